The van der Waals surface area contributed by atoms with Gasteiger partial charge >= 0.3 is 18.0 Å². The number of rotatable bonds is 6. The highest BCUT2D eigenvalue weighted by Crippen LogP contribution is 2.13. The Hall–Kier alpha value is -1.83. The van der Waals surface area contributed by atoms with Crippen LogP contribution in [-0.4, -0.2) is 64.9 Å². The van der Waals surface area contributed by atoms with Gasteiger partial charge in [-0.2, -0.15) is 0 Å². The van der Waals surface area contributed by atoms with Gasteiger partial charge < -0.3 is 25.2 Å². The first-order valence-corrected chi connectivity index (χ1v) is 6.55. The average Bonchev–Trinajstić information content (AvgIpc) is 2.38. The number of nitrogens with zero attached hydrogens (tertiary/aromatic N) is 1. The number of ether oxygens (including phenoxy) is 1. The summed E-state index contributed by atoms with van der Waals surface area (Å²) in [6.45, 7) is 3.46. The van der Waals surface area contributed by atoms with Crippen LogP contribution in [0, 0.1) is 0 Å². The second-order valence-corrected chi connectivity index (χ2v) is 4.58. The molecule has 0 saturated carbocycles. The third-order valence-corrected chi connectivity index (χ3v) is 3.11. The molecule has 2 amide bonds. The van der Waals surface area contributed by atoms with E-state index in [4.69, 9.17) is 14.9 Å². The zero-order valence-electron chi connectivity index (χ0n) is 11.4. The molecular formula is C12H20N2O6. The van der Waals surface area contributed by atoms with E-state index in [-0.39, 0.29) is 6.10 Å². The van der Waals surface area contributed by atoms with Crippen LogP contribution in [0.4, 0.5) is 4.79 Å². The molecule has 1 heterocycles. The number of carboxylic acids is 2. The van der Waals surface area contributed by atoms with E-state index in [0.717, 1.165) is 0 Å². The molecule has 0 aromatic carbocycles. The normalized spacial score (nSPS) is 17.6. The van der Waals surface area contributed by atoms with Crippen molar-refractivity contribution in [1.82, 2.24) is 10.2 Å². The number of aliphatic carboxylic acids is 2. The molecule has 0 aliphatic carbocycles. The molecule has 8 heteroatoms. The molecule has 8 nitrogen and oxygen atoms in total. The van der Waals surface area contributed by atoms with E-state index in [9.17, 15) is 14.4 Å². The van der Waals surface area contributed by atoms with E-state index in [1.165, 1.54) is 4.90 Å². The minimum atomic E-state index is -1.41. The molecule has 1 aliphatic rings. The Balaban J connectivity index is 2.45. The number of amides is 2. The van der Waals surface area contributed by atoms with E-state index < -0.39 is 30.4 Å². The van der Waals surface area contributed by atoms with Crippen molar-refractivity contribution in [2.45, 2.75) is 38.3 Å². The number of piperidine rings is 1. The van der Waals surface area contributed by atoms with Crippen LogP contribution in [0.25, 0.3) is 0 Å². The lowest BCUT2D eigenvalue weighted by Crippen LogP contribution is -2.51. The first-order chi connectivity index (χ1) is 9.43. The van der Waals surface area contributed by atoms with Gasteiger partial charge in [0.05, 0.1) is 12.5 Å². The van der Waals surface area contributed by atoms with Crippen molar-refractivity contribution in [3.8, 4) is 0 Å². The van der Waals surface area contributed by atoms with Crippen molar-refractivity contribution >= 4 is 18.0 Å². The zero-order chi connectivity index (χ0) is 15.1. The number of carboxylic acid groups (broad SMARTS) is 2. The number of carbonyl (C=O) groups is 3. The van der Waals surface area contributed by atoms with Crippen molar-refractivity contribution in [2.75, 3.05) is 19.7 Å². The fraction of sp³-hybridized carbons (Fsp3) is 0.750. The Morgan fingerprint density at radius 3 is 2.35 bits per heavy atom. The maximum absolute atomic E-state index is 11.9. The summed E-state index contributed by atoms with van der Waals surface area (Å²) in [4.78, 5) is 34.8. The molecule has 0 radical (unpaired) electrons. The summed E-state index contributed by atoms with van der Waals surface area (Å²) in [6.07, 6.45) is 0.866. The van der Waals surface area contributed by atoms with E-state index in [1.807, 2.05) is 6.92 Å². The fourth-order valence-corrected chi connectivity index (χ4v) is 2.08. The summed E-state index contributed by atoms with van der Waals surface area (Å²) in [5.74, 6) is -2.63. The van der Waals surface area contributed by atoms with Gasteiger partial charge in [0.1, 0.15) is 6.04 Å². The van der Waals surface area contributed by atoms with Crippen LogP contribution < -0.4 is 5.32 Å². The molecular weight excluding hydrogens is 268 g/mol. The summed E-state index contributed by atoms with van der Waals surface area (Å²) in [6, 6.07) is -1.96. The Kier molecular flexibility index (Phi) is 6.23. The standard InChI is InChI=1S/C12H20N2O6/c1-2-20-8-3-5-14(6-4-8)12(19)13-9(11(17)18)7-10(15)16/h8-9H,2-7H2,1H3,(H,13,19)(H,15,16)(H,17,18)/t9-/m1/s1. The Morgan fingerprint density at radius 2 is 1.90 bits per heavy atom. The second kappa shape index (κ2) is 7.68. The highest BCUT2D eigenvalue weighted by Gasteiger charge is 2.28. The molecule has 114 valence electrons. The summed E-state index contributed by atoms with van der Waals surface area (Å²) in [5.41, 5.74) is 0. The van der Waals surface area contributed by atoms with Gasteiger partial charge in [-0.1, -0.05) is 0 Å². The maximum atomic E-state index is 11.9. The molecule has 1 rings (SSSR count). The topological polar surface area (TPSA) is 116 Å². The Bertz CT molecular complexity index is 365. The molecule has 0 bridgehead atoms. The number of hydrogen-bond acceptors (Lipinski definition) is 4. The lowest BCUT2D eigenvalue weighted by Gasteiger charge is -2.32. The van der Waals surface area contributed by atoms with Crippen molar-refractivity contribution in [3.05, 3.63) is 0 Å². The predicted octanol–water partition coefficient (Wildman–Crippen LogP) is 0.125. The molecule has 0 unspecified atom stereocenters. The van der Waals surface area contributed by atoms with Crippen LogP contribution >= 0.6 is 0 Å². The molecule has 1 saturated heterocycles. The maximum Gasteiger partial charge on any atom is 0.326 e. The number of carbonyl (C=O) groups excluding carboxylic acids is 1. The largest absolute Gasteiger partial charge is 0.481 e. The summed E-state index contributed by atoms with van der Waals surface area (Å²) in [5, 5.41) is 19.7. The Morgan fingerprint density at radius 1 is 1.30 bits per heavy atom. The average molecular weight is 288 g/mol. The predicted molar refractivity (Wildman–Crippen MR) is 68.4 cm³/mol. The van der Waals surface area contributed by atoms with Gasteiger partial charge in [0, 0.05) is 19.7 Å². The van der Waals surface area contributed by atoms with Crippen LogP contribution in [0.1, 0.15) is 26.2 Å². The molecule has 1 aliphatic heterocycles. The first-order valence-electron chi connectivity index (χ1n) is 6.55. The van der Waals surface area contributed by atoms with Crippen molar-refractivity contribution < 1.29 is 29.3 Å². The molecule has 3 N–H and O–H groups in total. The minimum Gasteiger partial charge on any atom is -0.481 e. The minimum absolute atomic E-state index is 0.123. The molecule has 0 aromatic rings. The number of hydrogen-bond donors (Lipinski definition) is 3. The van der Waals surface area contributed by atoms with Crippen LogP contribution in [0.5, 0.6) is 0 Å². The van der Waals surface area contributed by atoms with Crippen LogP contribution in [-0.2, 0) is 14.3 Å². The third-order valence-electron chi connectivity index (χ3n) is 3.11. The van der Waals surface area contributed by atoms with Gasteiger partial charge in [-0.25, -0.2) is 9.59 Å². The first kappa shape index (κ1) is 16.2. The van der Waals surface area contributed by atoms with Crippen molar-refractivity contribution in [3.63, 3.8) is 0 Å². The zero-order valence-corrected chi connectivity index (χ0v) is 11.4. The molecule has 20 heavy (non-hydrogen) atoms. The van der Waals surface area contributed by atoms with Gasteiger partial charge in [-0.15, -0.1) is 0 Å². The monoisotopic (exact) mass is 288 g/mol. The van der Waals surface area contributed by atoms with E-state index in [2.05, 4.69) is 5.32 Å². The van der Waals surface area contributed by atoms with Crippen LogP contribution in [0.3, 0.4) is 0 Å². The summed E-state index contributed by atoms with van der Waals surface area (Å²) < 4.78 is 5.45. The molecule has 1 fully saturated rings. The van der Waals surface area contributed by atoms with Crippen LogP contribution in [0.15, 0.2) is 0 Å². The quantitative estimate of drug-likeness (QED) is 0.639. The smallest absolute Gasteiger partial charge is 0.326 e. The van der Waals surface area contributed by atoms with E-state index in [0.29, 0.717) is 32.5 Å². The highest BCUT2D eigenvalue weighted by molar-refractivity contribution is 5.86. The lowest BCUT2D eigenvalue weighted by molar-refractivity contribution is -0.145. The summed E-state index contributed by atoms with van der Waals surface area (Å²) in [7, 11) is 0. The fourth-order valence-electron chi connectivity index (χ4n) is 2.08. The van der Waals surface area contributed by atoms with Crippen LogP contribution in [0.2, 0.25) is 0 Å². The number of urea groups is 1. The van der Waals surface area contributed by atoms with Gasteiger partial charge in [-0.05, 0) is 19.8 Å². The van der Waals surface area contributed by atoms with Gasteiger partial charge in [0.25, 0.3) is 0 Å². The van der Waals surface area contributed by atoms with E-state index >= 15 is 0 Å². The molecule has 0 aromatic heterocycles. The van der Waals surface area contributed by atoms with Crippen molar-refractivity contribution in [1.29, 1.82) is 0 Å². The van der Waals surface area contributed by atoms with Gasteiger partial charge in [0.15, 0.2) is 0 Å². The van der Waals surface area contributed by atoms with Gasteiger partial charge in [0.2, 0.25) is 0 Å². The Labute approximate surface area is 116 Å². The van der Waals surface area contributed by atoms with E-state index in [1.54, 1.807) is 0 Å². The lowest BCUT2D eigenvalue weighted by atomic mass is 10.1. The molecule has 0 spiro atoms. The molecule has 1 atom stereocenters. The van der Waals surface area contributed by atoms with Crippen molar-refractivity contribution in [2.24, 2.45) is 0 Å². The third kappa shape index (κ3) is 5.04. The van der Waals surface area contributed by atoms with Gasteiger partial charge in [-0.3, -0.25) is 4.79 Å². The second-order valence-electron chi connectivity index (χ2n) is 4.58. The SMILES string of the molecule is CCOC1CCN(C(=O)N[C@H](CC(=O)O)C(=O)O)CC1. The number of likely N-dealkylation sites (tertiary alicyclic amines) is 1. The highest BCUT2D eigenvalue weighted by atomic mass is 16.5. The summed E-state index contributed by atoms with van der Waals surface area (Å²) >= 11 is 0. The number of nitrogens with one attached hydrogen (secondary N) is 1.